The number of halogens is 1. The number of methoxy groups -OCH3 is 1. The van der Waals surface area contributed by atoms with Crippen molar-refractivity contribution in [1.82, 2.24) is 10.3 Å². The number of carbonyl (C=O) groups excluding carboxylic acids is 2. The summed E-state index contributed by atoms with van der Waals surface area (Å²) in [7, 11) is 1.60. The van der Waals surface area contributed by atoms with Crippen molar-refractivity contribution in [2.45, 2.75) is 18.9 Å². The predicted molar refractivity (Wildman–Crippen MR) is 108 cm³/mol. The van der Waals surface area contributed by atoms with E-state index >= 15 is 0 Å². The molecule has 1 fully saturated rings. The van der Waals surface area contributed by atoms with Crippen LogP contribution in [0.4, 0.5) is 5.69 Å². The van der Waals surface area contributed by atoms with Crippen molar-refractivity contribution in [2.75, 3.05) is 12.4 Å². The monoisotopic (exact) mass is 395 g/mol. The first-order chi connectivity index (χ1) is 13.5. The molecular formula is C21H18ClN3O3. The van der Waals surface area contributed by atoms with Crippen LogP contribution in [0.2, 0.25) is 5.02 Å². The molecule has 28 heavy (non-hydrogen) atoms. The minimum Gasteiger partial charge on any atom is -0.497 e. The molecule has 1 aliphatic rings. The van der Waals surface area contributed by atoms with E-state index in [9.17, 15) is 9.59 Å². The zero-order chi connectivity index (χ0) is 19.7. The number of pyridine rings is 1. The number of ether oxygens (including phenoxy) is 1. The molecule has 1 aliphatic carbocycles. The van der Waals surface area contributed by atoms with Gasteiger partial charge in [0.15, 0.2) is 0 Å². The topological polar surface area (TPSA) is 80.3 Å². The fraction of sp³-hybridized carbons (Fsp3) is 0.190. The van der Waals surface area contributed by atoms with Gasteiger partial charge in [-0.1, -0.05) is 17.7 Å². The average Bonchev–Trinajstić information content (AvgIpc) is 3.52. The number of fused-ring (bicyclic) bond motifs is 1. The molecule has 6 nitrogen and oxygen atoms in total. The Balaban J connectivity index is 1.54. The molecule has 0 spiro atoms. The number of benzene rings is 2. The minimum atomic E-state index is -0.367. The predicted octanol–water partition coefficient (Wildman–Crippen LogP) is 4.04. The molecule has 0 aliphatic heterocycles. The fourth-order valence-electron chi connectivity index (χ4n) is 2.82. The molecule has 1 saturated carbocycles. The lowest BCUT2D eigenvalue weighted by Gasteiger charge is -2.10. The molecule has 142 valence electrons. The molecule has 2 N–H and O–H groups in total. The lowest BCUT2D eigenvalue weighted by molar-refractivity contribution is 0.0949. The zero-order valence-electron chi connectivity index (χ0n) is 15.2. The van der Waals surface area contributed by atoms with Gasteiger partial charge in [0.1, 0.15) is 11.4 Å². The van der Waals surface area contributed by atoms with Crippen molar-refractivity contribution in [3.05, 3.63) is 64.8 Å². The first-order valence-corrected chi connectivity index (χ1v) is 9.28. The van der Waals surface area contributed by atoms with Gasteiger partial charge in [0, 0.05) is 17.1 Å². The van der Waals surface area contributed by atoms with Crippen molar-refractivity contribution in [3.8, 4) is 5.75 Å². The van der Waals surface area contributed by atoms with Gasteiger partial charge in [0.2, 0.25) is 0 Å². The molecule has 0 saturated heterocycles. The van der Waals surface area contributed by atoms with Gasteiger partial charge >= 0.3 is 0 Å². The third kappa shape index (κ3) is 3.92. The number of aromatic nitrogens is 1. The summed E-state index contributed by atoms with van der Waals surface area (Å²) in [6.07, 6.45) is 1.97. The normalized spacial score (nSPS) is 13.2. The highest BCUT2D eigenvalue weighted by molar-refractivity contribution is 6.34. The summed E-state index contributed by atoms with van der Waals surface area (Å²) >= 11 is 6.14. The Morgan fingerprint density at radius 2 is 1.89 bits per heavy atom. The Bertz CT molecular complexity index is 1080. The molecule has 0 radical (unpaired) electrons. The summed E-state index contributed by atoms with van der Waals surface area (Å²) in [5.74, 6) is 0.125. The second-order valence-electron chi connectivity index (χ2n) is 6.65. The number of hydrogen-bond acceptors (Lipinski definition) is 4. The molecule has 1 heterocycles. The van der Waals surface area contributed by atoms with Gasteiger partial charge in [-0.05, 0) is 55.3 Å². The van der Waals surface area contributed by atoms with Crippen molar-refractivity contribution in [1.29, 1.82) is 0 Å². The second kappa shape index (κ2) is 7.48. The Morgan fingerprint density at radius 3 is 2.64 bits per heavy atom. The quantitative estimate of drug-likeness (QED) is 0.683. The summed E-state index contributed by atoms with van der Waals surface area (Å²) in [6, 6.07) is 14.0. The maximum atomic E-state index is 12.6. The first kappa shape index (κ1) is 18.3. The van der Waals surface area contributed by atoms with Crippen molar-refractivity contribution < 1.29 is 14.3 Å². The average molecular weight is 396 g/mol. The number of hydrogen-bond donors (Lipinski definition) is 2. The molecule has 4 rings (SSSR count). The Morgan fingerprint density at radius 1 is 1.07 bits per heavy atom. The fourth-order valence-corrected chi connectivity index (χ4v) is 3.02. The van der Waals surface area contributed by atoms with Crippen LogP contribution in [0.25, 0.3) is 10.9 Å². The molecule has 7 heteroatoms. The lowest BCUT2D eigenvalue weighted by Crippen LogP contribution is -2.25. The van der Waals surface area contributed by atoms with E-state index in [-0.39, 0.29) is 23.6 Å². The third-order valence-electron chi connectivity index (χ3n) is 4.51. The van der Waals surface area contributed by atoms with Crippen LogP contribution in [0.1, 0.15) is 33.7 Å². The van der Waals surface area contributed by atoms with Crippen LogP contribution < -0.4 is 15.4 Å². The minimum absolute atomic E-state index is 0.224. The van der Waals surface area contributed by atoms with Crippen LogP contribution >= 0.6 is 11.6 Å². The molecular weight excluding hydrogens is 378 g/mol. The molecule has 0 bridgehead atoms. The van der Waals surface area contributed by atoms with E-state index in [1.165, 1.54) is 0 Å². The molecule has 1 aromatic heterocycles. The van der Waals surface area contributed by atoms with Crippen molar-refractivity contribution in [3.63, 3.8) is 0 Å². The van der Waals surface area contributed by atoms with E-state index < -0.39 is 0 Å². The molecule has 0 atom stereocenters. The van der Waals surface area contributed by atoms with E-state index in [2.05, 4.69) is 15.6 Å². The van der Waals surface area contributed by atoms with Gasteiger partial charge in [-0.3, -0.25) is 9.59 Å². The Hall–Kier alpha value is -3.12. The van der Waals surface area contributed by atoms with Crippen LogP contribution in [0.15, 0.2) is 48.5 Å². The Labute approximate surface area is 166 Å². The number of rotatable bonds is 5. The first-order valence-electron chi connectivity index (χ1n) is 8.90. The van der Waals surface area contributed by atoms with Crippen LogP contribution in [0, 0.1) is 0 Å². The van der Waals surface area contributed by atoms with Gasteiger partial charge in [-0.25, -0.2) is 4.98 Å². The number of amides is 2. The van der Waals surface area contributed by atoms with Gasteiger partial charge in [0.05, 0.1) is 23.2 Å². The van der Waals surface area contributed by atoms with Gasteiger partial charge in [0.25, 0.3) is 11.8 Å². The van der Waals surface area contributed by atoms with E-state index in [0.717, 1.165) is 24.0 Å². The molecule has 2 aromatic carbocycles. The van der Waals surface area contributed by atoms with Crippen LogP contribution in [-0.2, 0) is 0 Å². The molecule has 3 aromatic rings. The number of anilines is 1. The maximum absolute atomic E-state index is 12.6. The smallest absolute Gasteiger partial charge is 0.274 e. The SMILES string of the molecule is COc1ccc2nc(C(=O)Nc3ccc(Cl)c(C(=O)NC4CC4)c3)ccc2c1. The van der Waals surface area contributed by atoms with E-state index in [0.29, 0.717) is 21.8 Å². The summed E-state index contributed by atoms with van der Waals surface area (Å²) in [5.41, 5.74) is 1.78. The van der Waals surface area contributed by atoms with Gasteiger partial charge in [-0.2, -0.15) is 0 Å². The van der Waals surface area contributed by atoms with Crippen LogP contribution in [0.3, 0.4) is 0 Å². The summed E-state index contributed by atoms with van der Waals surface area (Å²) < 4.78 is 5.20. The van der Waals surface area contributed by atoms with E-state index in [1.807, 2.05) is 12.1 Å². The highest BCUT2D eigenvalue weighted by atomic mass is 35.5. The van der Waals surface area contributed by atoms with Crippen molar-refractivity contribution in [2.24, 2.45) is 0 Å². The van der Waals surface area contributed by atoms with E-state index in [4.69, 9.17) is 16.3 Å². The summed E-state index contributed by atoms with van der Waals surface area (Å²) in [6.45, 7) is 0. The van der Waals surface area contributed by atoms with Gasteiger partial charge < -0.3 is 15.4 Å². The third-order valence-corrected chi connectivity index (χ3v) is 4.84. The number of nitrogens with zero attached hydrogens (tertiary/aromatic N) is 1. The summed E-state index contributed by atoms with van der Waals surface area (Å²) in [5, 5.41) is 6.88. The largest absolute Gasteiger partial charge is 0.497 e. The van der Waals surface area contributed by atoms with Crippen LogP contribution in [0.5, 0.6) is 5.75 Å². The second-order valence-corrected chi connectivity index (χ2v) is 7.06. The Kier molecular flexibility index (Phi) is 4.88. The highest BCUT2D eigenvalue weighted by Gasteiger charge is 2.25. The standard InChI is InChI=1S/C21H18ClN3O3/c1-28-15-6-9-18-12(10-15)2-8-19(25-18)21(27)24-14-5-7-17(22)16(11-14)20(26)23-13-3-4-13/h2,5-11,13H,3-4H2,1H3,(H,23,26)(H,24,27). The van der Waals surface area contributed by atoms with Crippen LogP contribution in [-0.4, -0.2) is 29.9 Å². The molecule has 0 unspecified atom stereocenters. The highest BCUT2D eigenvalue weighted by Crippen LogP contribution is 2.24. The molecule has 2 amide bonds. The number of nitrogens with one attached hydrogen (secondary N) is 2. The lowest BCUT2D eigenvalue weighted by atomic mass is 10.1. The number of carbonyl (C=O) groups is 2. The van der Waals surface area contributed by atoms with Crippen molar-refractivity contribution >= 4 is 40.0 Å². The van der Waals surface area contributed by atoms with Gasteiger partial charge in [-0.15, -0.1) is 0 Å². The zero-order valence-corrected chi connectivity index (χ0v) is 15.9. The van der Waals surface area contributed by atoms with E-state index in [1.54, 1.807) is 43.5 Å². The summed E-state index contributed by atoms with van der Waals surface area (Å²) in [4.78, 5) is 29.3. The maximum Gasteiger partial charge on any atom is 0.274 e.